The molecular weight excluding hydrogens is 322 g/mol. The molecule has 2 amide bonds. The molecule has 2 rings (SSSR count). The largest absolute Gasteiger partial charge is 0.355 e. The Kier molecular flexibility index (Phi) is 5.94. The number of nitrogens with zero attached hydrogens (tertiary/aromatic N) is 1. The molecule has 0 aliphatic rings. The van der Waals surface area contributed by atoms with Crippen LogP contribution in [0.4, 0.5) is 0 Å². The van der Waals surface area contributed by atoms with E-state index in [2.05, 4.69) is 28.6 Å². The number of hydrogen-bond donors (Lipinski definition) is 2. The lowest BCUT2D eigenvalue weighted by Crippen LogP contribution is -2.37. The lowest BCUT2D eigenvalue weighted by atomic mass is 9.96. The molecule has 6 heteroatoms. The van der Waals surface area contributed by atoms with Crippen molar-refractivity contribution in [3.05, 3.63) is 29.3 Å². The fourth-order valence-corrected chi connectivity index (χ4v) is 3.12. The number of para-hydroxylation sites is 1. The molecule has 0 radical (unpaired) electrons. The summed E-state index contributed by atoms with van der Waals surface area (Å²) in [5.41, 5.74) is 0.568. The fraction of sp³-hybridized carbons (Fsp3) is 0.500. The quantitative estimate of drug-likeness (QED) is 0.843. The van der Waals surface area contributed by atoms with Crippen LogP contribution in [0, 0.1) is 5.41 Å². The number of benzene rings is 1. The summed E-state index contributed by atoms with van der Waals surface area (Å²) >= 11 is 1.66. The zero-order valence-corrected chi connectivity index (χ0v) is 15.5. The van der Waals surface area contributed by atoms with Crippen LogP contribution in [0.25, 0.3) is 10.2 Å². The van der Waals surface area contributed by atoms with Gasteiger partial charge in [0.2, 0.25) is 11.8 Å². The number of nitrogens with one attached hydrogen (secondary N) is 2. The van der Waals surface area contributed by atoms with Crippen molar-refractivity contribution in [2.24, 2.45) is 5.41 Å². The first kappa shape index (κ1) is 18.4. The van der Waals surface area contributed by atoms with Crippen LogP contribution in [0.15, 0.2) is 24.3 Å². The van der Waals surface area contributed by atoms with E-state index < -0.39 is 5.41 Å². The van der Waals surface area contributed by atoms with Crippen molar-refractivity contribution in [2.45, 2.75) is 40.0 Å². The first-order valence-corrected chi connectivity index (χ1v) is 8.99. The van der Waals surface area contributed by atoms with E-state index in [1.165, 1.54) is 0 Å². The molecule has 1 aromatic carbocycles. The SMILES string of the molecule is CC(CNC(=O)CCNC(=O)C(C)(C)C)c1nc2ccccc2s1. The number of carbonyl (C=O) groups is 2. The summed E-state index contributed by atoms with van der Waals surface area (Å²) in [6, 6.07) is 8.03. The summed E-state index contributed by atoms with van der Waals surface area (Å²) < 4.78 is 1.16. The molecule has 1 unspecified atom stereocenters. The number of thiazole rings is 1. The summed E-state index contributed by atoms with van der Waals surface area (Å²) in [5, 5.41) is 6.72. The molecule has 1 aromatic heterocycles. The predicted octanol–water partition coefficient (Wildman–Crippen LogP) is 3.07. The third-order valence-corrected chi connectivity index (χ3v) is 4.92. The van der Waals surface area contributed by atoms with Gasteiger partial charge >= 0.3 is 0 Å². The fourth-order valence-electron chi connectivity index (χ4n) is 2.10. The Balaban J connectivity index is 1.76. The van der Waals surface area contributed by atoms with Crippen molar-refractivity contribution < 1.29 is 9.59 Å². The normalized spacial score (nSPS) is 12.8. The standard InChI is InChI=1S/C18H25N3O2S/c1-12(16-21-13-7-5-6-8-14(13)24-16)11-20-15(22)9-10-19-17(23)18(2,3)4/h5-8,12H,9-11H2,1-4H3,(H,19,23)(H,20,22). The highest BCUT2D eigenvalue weighted by molar-refractivity contribution is 7.18. The Morgan fingerprint density at radius 1 is 1.21 bits per heavy atom. The molecule has 1 heterocycles. The first-order valence-electron chi connectivity index (χ1n) is 8.18. The maximum Gasteiger partial charge on any atom is 0.225 e. The van der Waals surface area contributed by atoms with Crippen LogP contribution in [0.2, 0.25) is 0 Å². The van der Waals surface area contributed by atoms with Crippen molar-refractivity contribution >= 4 is 33.4 Å². The minimum atomic E-state index is -0.433. The van der Waals surface area contributed by atoms with Gasteiger partial charge in [0, 0.05) is 30.8 Å². The Hall–Kier alpha value is -1.95. The second kappa shape index (κ2) is 7.75. The smallest absolute Gasteiger partial charge is 0.225 e. The zero-order chi connectivity index (χ0) is 17.7. The van der Waals surface area contributed by atoms with Crippen LogP contribution in [0.5, 0.6) is 0 Å². The van der Waals surface area contributed by atoms with Crippen molar-refractivity contribution in [2.75, 3.05) is 13.1 Å². The predicted molar refractivity (Wildman–Crippen MR) is 98.1 cm³/mol. The van der Waals surface area contributed by atoms with E-state index in [1.807, 2.05) is 39.0 Å². The molecule has 0 bridgehead atoms. The van der Waals surface area contributed by atoms with Crippen molar-refractivity contribution in [3.8, 4) is 0 Å². The summed E-state index contributed by atoms with van der Waals surface area (Å²) in [6.07, 6.45) is 0.286. The average molecular weight is 347 g/mol. The summed E-state index contributed by atoms with van der Waals surface area (Å²) in [7, 11) is 0. The number of aromatic nitrogens is 1. The molecule has 130 valence electrons. The lowest BCUT2D eigenvalue weighted by molar-refractivity contribution is -0.128. The molecule has 0 saturated carbocycles. The van der Waals surface area contributed by atoms with Crippen LogP contribution in [-0.4, -0.2) is 29.9 Å². The molecule has 5 nitrogen and oxygen atoms in total. The van der Waals surface area contributed by atoms with Gasteiger partial charge < -0.3 is 10.6 Å². The van der Waals surface area contributed by atoms with Crippen LogP contribution in [-0.2, 0) is 9.59 Å². The Morgan fingerprint density at radius 2 is 1.92 bits per heavy atom. The van der Waals surface area contributed by atoms with Crippen LogP contribution < -0.4 is 10.6 Å². The van der Waals surface area contributed by atoms with E-state index in [-0.39, 0.29) is 24.2 Å². The molecule has 0 spiro atoms. The third kappa shape index (κ3) is 5.03. The topological polar surface area (TPSA) is 71.1 Å². The van der Waals surface area contributed by atoms with E-state index in [9.17, 15) is 9.59 Å². The molecule has 1 atom stereocenters. The maximum atomic E-state index is 11.9. The first-order chi connectivity index (χ1) is 11.3. The van der Waals surface area contributed by atoms with Gasteiger partial charge in [0.15, 0.2) is 0 Å². The monoisotopic (exact) mass is 347 g/mol. The lowest BCUT2D eigenvalue weighted by Gasteiger charge is -2.17. The van der Waals surface area contributed by atoms with Gasteiger partial charge in [-0.05, 0) is 12.1 Å². The van der Waals surface area contributed by atoms with Gasteiger partial charge in [-0.15, -0.1) is 11.3 Å². The van der Waals surface area contributed by atoms with Gasteiger partial charge in [0.25, 0.3) is 0 Å². The van der Waals surface area contributed by atoms with Gasteiger partial charge in [-0.1, -0.05) is 39.8 Å². The van der Waals surface area contributed by atoms with E-state index in [4.69, 9.17) is 0 Å². The van der Waals surface area contributed by atoms with Gasteiger partial charge in [-0.25, -0.2) is 4.98 Å². The zero-order valence-electron chi connectivity index (χ0n) is 14.7. The van der Waals surface area contributed by atoms with Crippen molar-refractivity contribution in [3.63, 3.8) is 0 Å². The maximum absolute atomic E-state index is 11.9. The molecule has 0 aliphatic heterocycles. The summed E-state index contributed by atoms with van der Waals surface area (Å²) in [5.74, 6) is 0.0610. The number of fused-ring (bicyclic) bond motifs is 1. The minimum Gasteiger partial charge on any atom is -0.355 e. The van der Waals surface area contributed by atoms with Crippen LogP contribution in [0.3, 0.4) is 0 Å². The van der Waals surface area contributed by atoms with E-state index in [0.29, 0.717) is 13.1 Å². The molecular formula is C18H25N3O2S. The second-order valence-corrected chi connectivity index (χ2v) is 8.04. The number of hydrogen-bond acceptors (Lipinski definition) is 4. The van der Waals surface area contributed by atoms with E-state index in [0.717, 1.165) is 15.2 Å². The van der Waals surface area contributed by atoms with Gasteiger partial charge in [-0.3, -0.25) is 9.59 Å². The number of rotatable bonds is 6. The second-order valence-electron chi connectivity index (χ2n) is 6.98. The van der Waals surface area contributed by atoms with Crippen molar-refractivity contribution in [1.29, 1.82) is 0 Å². The highest BCUT2D eigenvalue weighted by atomic mass is 32.1. The Labute approximate surface area is 146 Å². The Bertz CT molecular complexity index is 685. The van der Waals surface area contributed by atoms with Gasteiger partial charge in [-0.2, -0.15) is 0 Å². The van der Waals surface area contributed by atoms with Crippen LogP contribution >= 0.6 is 11.3 Å². The molecule has 2 N–H and O–H groups in total. The van der Waals surface area contributed by atoms with Gasteiger partial charge in [0.1, 0.15) is 0 Å². The van der Waals surface area contributed by atoms with Crippen molar-refractivity contribution in [1.82, 2.24) is 15.6 Å². The highest BCUT2D eigenvalue weighted by Gasteiger charge is 2.20. The summed E-state index contributed by atoms with van der Waals surface area (Å²) in [4.78, 5) is 28.2. The molecule has 24 heavy (non-hydrogen) atoms. The third-order valence-electron chi connectivity index (χ3n) is 3.66. The highest BCUT2D eigenvalue weighted by Crippen LogP contribution is 2.26. The molecule has 0 fully saturated rings. The average Bonchev–Trinajstić information content (AvgIpc) is 2.95. The molecule has 2 aromatic rings. The summed E-state index contributed by atoms with van der Waals surface area (Å²) in [6.45, 7) is 8.51. The molecule has 0 saturated heterocycles. The van der Waals surface area contributed by atoms with E-state index in [1.54, 1.807) is 11.3 Å². The van der Waals surface area contributed by atoms with Gasteiger partial charge in [0.05, 0.1) is 15.2 Å². The van der Waals surface area contributed by atoms with E-state index >= 15 is 0 Å². The number of amides is 2. The number of carbonyl (C=O) groups excluding carboxylic acids is 2. The Morgan fingerprint density at radius 3 is 2.58 bits per heavy atom. The minimum absolute atomic E-state index is 0.0434. The van der Waals surface area contributed by atoms with Crippen LogP contribution in [0.1, 0.15) is 45.0 Å². The molecule has 0 aliphatic carbocycles.